The third kappa shape index (κ3) is 3.42. The summed E-state index contributed by atoms with van der Waals surface area (Å²) in [6.07, 6.45) is 0.227. The second-order valence-corrected chi connectivity index (χ2v) is 3.37. The first-order valence-corrected chi connectivity index (χ1v) is 4.83. The molecule has 2 N–H and O–H groups in total. The van der Waals surface area contributed by atoms with Crippen molar-refractivity contribution in [3.05, 3.63) is 28.8 Å². The van der Waals surface area contributed by atoms with Gasteiger partial charge >= 0.3 is 0 Å². The summed E-state index contributed by atoms with van der Waals surface area (Å²) in [6.45, 7) is 0. The summed E-state index contributed by atoms with van der Waals surface area (Å²) in [5.74, 6) is 0.517. The molecular weight excluding hydrogens is 216 g/mol. The number of amides is 1. The van der Waals surface area contributed by atoms with E-state index in [9.17, 15) is 4.79 Å². The molecule has 1 amide bonds. The molecule has 0 aliphatic rings. The van der Waals surface area contributed by atoms with Gasteiger partial charge in [-0.05, 0) is 18.2 Å². The number of ether oxygens (including phenoxy) is 1. The van der Waals surface area contributed by atoms with Crippen molar-refractivity contribution in [2.75, 3.05) is 14.2 Å². The largest absolute Gasteiger partial charge is 0.496 e. The Labute approximate surface area is 93.5 Å². The molecule has 0 heterocycles. The molecule has 0 aromatic heterocycles. The second kappa shape index (κ2) is 5.58. The number of hydrogen-bond donors (Lipinski definition) is 2. The van der Waals surface area contributed by atoms with Crippen LogP contribution >= 0.6 is 11.6 Å². The van der Waals surface area contributed by atoms with E-state index >= 15 is 0 Å². The first-order chi connectivity index (χ1) is 7.17. The van der Waals surface area contributed by atoms with Gasteiger partial charge in [-0.1, -0.05) is 11.6 Å². The predicted molar refractivity (Wildman–Crippen MR) is 58.9 cm³/mol. The van der Waals surface area contributed by atoms with Crippen LogP contribution < -0.4 is 15.6 Å². The Balaban J connectivity index is 2.82. The number of carbonyl (C=O) groups excluding carboxylic acids is 1. The first kappa shape index (κ1) is 11.8. The van der Waals surface area contributed by atoms with Crippen LogP contribution in [0.1, 0.15) is 5.56 Å². The van der Waals surface area contributed by atoms with Gasteiger partial charge in [0.05, 0.1) is 13.5 Å². The zero-order valence-corrected chi connectivity index (χ0v) is 9.39. The van der Waals surface area contributed by atoms with Crippen molar-refractivity contribution in [1.29, 1.82) is 0 Å². The van der Waals surface area contributed by atoms with E-state index in [0.29, 0.717) is 10.8 Å². The zero-order valence-electron chi connectivity index (χ0n) is 8.63. The SMILES string of the molecule is CNNC(=O)Cc1cc(Cl)ccc1OC. The van der Waals surface area contributed by atoms with Crippen molar-refractivity contribution in [2.24, 2.45) is 0 Å². The molecular formula is C10H13ClN2O2. The average molecular weight is 229 g/mol. The minimum absolute atomic E-state index is 0.141. The van der Waals surface area contributed by atoms with Gasteiger partial charge in [-0.3, -0.25) is 10.2 Å². The molecule has 0 fully saturated rings. The van der Waals surface area contributed by atoms with Crippen LogP contribution in [0.4, 0.5) is 0 Å². The van der Waals surface area contributed by atoms with Crippen molar-refractivity contribution in [2.45, 2.75) is 6.42 Å². The summed E-state index contributed by atoms with van der Waals surface area (Å²) >= 11 is 5.83. The number of halogens is 1. The van der Waals surface area contributed by atoms with Gasteiger partial charge in [0, 0.05) is 17.6 Å². The minimum Gasteiger partial charge on any atom is -0.496 e. The second-order valence-electron chi connectivity index (χ2n) is 2.93. The highest BCUT2D eigenvalue weighted by atomic mass is 35.5. The van der Waals surface area contributed by atoms with Crippen LogP contribution in [0, 0.1) is 0 Å². The molecule has 0 bridgehead atoms. The Morgan fingerprint density at radius 1 is 1.53 bits per heavy atom. The van der Waals surface area contributed by atoms with Gasteiger partial charge < -0.3 is 4.74 Å². The first-order valence-electron chi connectivity index (χ1n) is 4.45. The third-order valence-electron chi connectivity index (χ3n) is 1.86. The Hall–Kier alpha value is -1.26. The summed E-state index contributed by atoms with van der Waals surface area (Å²) in [7, 11) is 3.19. The fraction of sp³-hybridized carbons (Fsp3) is 0.300. The van der Waals surface area contributed by atoms with E-state index in [2.05, 4.69) is 10.9 Å². The van der Waals surface area contributed by atoms with Crippen LogP contribution in [-0.2, 0) is 11.2 Å². The van der Waals surface area contributed by atoms with E-state index in [0.717, 1.165) is 5.56 Å². The van der Waals surface area contributed by atoms with Crippen molar-refractivity contribution < 1.29 is 9.53 Å². The highest BCUT2D eigenvalue weighted by Crippen LogP contribution is 2.22. The normalized spacial score (nSPS) is 9.80. The number of carbonyl (C=O) groups is 1. The minimum atomic E-state index is -0.141. The van der Waals surface area contributed by atoms with Gasteiger partial charge in [0.25, 0.3) is 0 Å². The monoisotopic (exact) mass is 228 g/mol. The maximum absolute atomic E-state index is 11.3. The number of hydrazine groups is 1. The molecule has 0 unspecified atom stereocenters. The molecule has 1 rings (SSSR count). The topological polar surface area (TPSA) is 50.4 Å². The maximum atomic E-state index is 11.3. The van der Waals surface area contributed by atoms with Crippen LogP contribution in [0.2, 0.25) is 5.02 Å². The van der Waals surface area contributed by atoms with Crippen LogP contribution in [-0.4, -0.2) is 20.1 Å². The van der Waals surface area contributed by atoms with E-state index in [1.165, 1.54) is 0 Å². The van der Waals surface area contributed by atoms with Gasteiger partial charge in [-0.15, -0.1) is 0 Å². The lowest BCUT2D eigenvalue weighted by Gasteiger charge is -2.08. The lowest BCUT2D eigenvalue weighted by Crippen LogP contribution is -2.35. The lowest BCUT2D eigenvalue weighted by molar-refractivity contribution is -0.121. The molecule has 1 aromatic rings. The number of methoxy groups -OCH3 is 1. The number of nitrogens with one attached hydrogen (secondary N) is 2. The van der Waals surface area contributed by atoms with Crippen molar-refractivity contribution in [3.8, 4) is 5.75 Å². The van der Waals surface area contributed by atoms with Crippen LogP contribution in [0.15, 0.2) is 18.2 Å². The summed E-state index contributed by atoms with van der Waals surface area (Å²) in [5.41, 5.74) is 5.81. The summed E-state index contributed by atoms with van der Waals surface area (Å²) in [6, 6.07) is 5.18. The van der Waals surface area contributed by atoms with Gasteiger partial charge in [0.15, 0.2) is 0 Å². The quantitative estimate of drug-likeness (QED) is 0.760. The molecule has 0 saturated carbocycles. The van der Waals surface area contributed by atoms with E-state index in [1.807, 2.05) is 0 Å². The number of hydrogen-bond acceptors (Lipinski definition) is 3. The standard InChI is InChI=1S/C10H13ClN2O2/c1-12-13-10(14)6-7-5-8(11)3-4-9(7)15-2/h3-5,12H,6H2,1-2H3,(H,13,14). The molecule has 5 heteroatoms. The van der Waals surface area contributed by atoms with Gasteiger partial charge in [-0.25, -0.2) is 5.43 Å². The molecule has 82 valence electrons. The smallest absolute Gasteiger partial charge is 0.238 e. The molecule has 4 nitrogen and oxygen atoms in total. The molecule has 0 saturated heterocycles. The van der Waals surface area contributed by atoms with E-state index in [-0.39, 0.29) is 12.3 Å². The molecule has 0 radical (unpaired) electrons. The van der Waals surface area contributed by atoms with Crippen LogP contribution in [0.25, 0.3) is 0 Å². The maximum Gasteiger partial charge on any atom is 0.238 e. The van der Waals surface area contributed by atoms with Crippen molar-refractivity contribution in [3.63, 3.8) is 0 Å². The van der Waals surface area contributed by atoms with E-state index in [4.69, 9.17) is 16.3 Å². The molecule has 0 aliphatic heterocycles. The Bertz CT molecular complexity index is 355. The molecule has 0 atom stereocenters. The lowest BCUT2D eigenvalue weighted by atomic mass is 10.1. The Morgan fingerprint density at radius 2 is 2.27 bits per heavy atom. The van der Waals surface area contributed by atoms with Crippen molar-refractivity contribution >= 4 is 17.5 Å². The molecule has 15 heavy (non-hydrogen) atoms. The summed E-state index contributed by atoms with van der Waals surface area (Å²) < 4.78 is 5.12. The third-order valence-corrected chi connectivity index (χ3v) is 2.09. The van der Waals surface area contributed by atoms with E-state index in [1.54, 1.807) is 32.4 Å². The molecule has 0 aliphatic carbocycles. The Morgan fingerprint density at radius 3 is 2.87 bits per heavy atom. The number of benzene rings is 1. The van der Waals surface area contributed by atoms with Gasteiger partial charge in [-0.2, -0.15) is 0 Å². The van der Waals surface area contributed by atoms with Crippen molar-refractivity contribution in [1.82, 2.24) is 10.9 Å². The molecule has 1 aromatic carbocycles. The number of rotatable bonds is 4. The van der Waals surface area contributed by atoms with Gasteiger partial charge in [0.1, 0.15) is 5.75 Å². The summed E-state index contributed by atoms with van der Waals surface area (Å²) in [4.78, 5) is 11.3. The predicted octanol–water partition coefficient (Wildman–Crippen LogP) is 1.14. The average Bonchev–Trinajstić information content (AvgIpc) is 2.18. The van der Waals surface area contributed by atoms with Gasteiger partial charge in [0.2, 0.25) is 5.91 Å². The highest BCUT2D eigenvalue weighted by molar-refractivity contribution is 6.30. The Kier molecular flexibility index (Phi) is 4.39. The summed E-state index contributed by atoms with van der Waals surface area (Å²) in [5, 5.41) is 0.586. The molecule has 0 spiro atoms. The van der Waals surface area contributed by atoms with E-state index < -0.39 is 0 Å². The fourth-order valence-electron chi connectivity index (χ4n) is 1.24. The highest BCUT2D eigenvalue weighted by Gasteiger charge is 2.08. The fourth-order valence-corrected chi connectivity index (χ4v) is 1.44. The van der Waals surface area contributed by atoms with Crippen LogP contribution in [0.3, 0.4) is 0 Å². The zero-order chi connectivity index (χ0) is 11.3. The van der Waals surface area contributed by atoms with Crippen LogP contribution in [0.5, 0.6) is 5.75 Å².